The summed E-state index contributed by atoms with van der Waals surface area (Å²) in [5.41, 5.74) is -13.9. The van der Waals surface area contributed by atoms with Crippen molar-refractivity contribution >= 4 is 0 Å². The predicted octanol–water partition coefficient (Wildman–Crippen LogP) is 40.7. The minimum absolute atomic E-state index is 0.0106. The molecule has 0 saturated heterocycles. The molecule has 10 rings (SSSR count). The second-order valence-electron chi connectivity index (χ2n) is 47.2. The van der Waals surface area contributed by atoms with Gasteiger partial charge in [0.25, 0.3) is 0 Å². The lowest BCUT2D eigenvalue weighted by atomic mass is 9.55. The van der Waals surface area contributed by atoms with E-state index in [9.17, 15) is 145 Å². The van der Waals surface area contributed by atoms with Crippen molar-refractivity contribution in [2.45, 2.75) is 474 Å². The molecule has 8 atom stereocenters. The predicted molar refractivity (Wildman–Crippen MR) is 457 cm³/mol. The Labute approximate surface area is 764 Å². The third-order valence-corrected chi connectivity index (χ3v) is 34.9. The Bertz CT molecular complexity index is 3110. The number of alkyl halides is 33. The monoisotopic (exact) mass is 1970 g/mol. The van der Waals surface area contributed by atoms with Gasteiger partial charge in [-0.2, -0.15) is 145 Å². The Morgan fingerprint density at radius 1 is 0.275 bits per heavy atom. The van der Waals surface area contributed by atoms with Gasteiger partial charge in [0, 0.05) is 0 Å². The second-order valence-corrected chi connectivity index (χ2v) is 47.2. The van der Waals surface area contributed by atoms with E-state index in [1.165, 1.54) is 59.8 Å². The fraction of sp³-hybridized carbons (Fsp3) is 1.00. The van der Waals surface area contributed by atoms with Gasteiger partial charge in [0.05, 0.1) is 28.6 Å². The van der Waals surface area contributed by atoms with E-state index in [0.29, 0.717) is 61.2 Å². The molecule has 0 radical (unpaired) electrons. The van der Waals surface area contributed by atoms with Crippen molar-refractivity contribution < 1.29 is 145 Å². The smallest absolute Gasteiger partial charge is 0.171 e. The molecule has 0 aromatic rings. The van der Waals surface area contributed by atoms with Crippen LogP contribution in [0.5, 0.6) is 0 Å². The van der Waals surface area contributed by atoms with E-state index in [0.717, 1.165) is 94.3 Å². The summed E-state index contributed by atoms with van der Waals surface area (Å²) in [4.78, 5) is 0. The van der Waals surface area contributed by atoms with Crippen LogP contribution in [0.15, 0.2) is 0 Å². The molecular formula is C98H165F33. The van der Waals surface area contributed by atoms with Gasteiger partial charge in [0.15, 0.2) is 16.2 Å². The largest absolute Gasteiger partial charge is 0.403 e. The number of hydrogen-bond acceptors (Lipinski definition) is 0. The van der Waals surface area contributed by atoms with Crippen LogP contribution in [0.3, 0.4) is 0 Å². The molecule has 0 amide bonds. The molecule has 0 heterocycles. The highest BCUT2D eigenvalue weighted by Gasteiger charge is 2.74. The first-order chi connectivity index (χ1) is 57.7. The molecule has 0 aromatic carbocycles. The molecule has 10 fully saturated rings. The van der Waals surface area contributed by atoms with E-state index in [1.807, 2.05) is 62.3 Å². The fourth-order valence-corrected chi connectivity index (χ4v) is 19.8. The van der Waals surface area contributed by atoms with Crippen molar-refractivity contribution in [3.05, 3.63) is 0 Å². The highest BCUT2D eigenvalue weighted by molar-refractivity contribution is 5.04. The maximum atomic E-state index is 13.0. The van der Waals surface area contributed by atoms with E-state index >= 15 is 0 Å². The van der Waals surface area contributed by atoms with E-state index in [1.54, 1.807) is 34.6 Å². The van der Waals surface area contributed by atoms with Crippen LogP contribution >= 0.6 is 0 Å². The minimum atomic E-state index is -5.20. The Morgan fingerprint density at radius 2 is 0.649 bits per heavy atom. The summed E-state index contributed by atoms with van der Waals surface area (Å²) in [6.07, 6.45) is -37.4. The zero-order valence-corrected chi connectivity index (χ0v) is 83.7. The van der Waals surface area contributed by atoms with Gasteiger partial charge < -0.3 is 0 Å². The van der Waals surface area contributed by atoms with Crippen LogP contribution in [-0.2, 0) is 0 Å². The van der Waals surface area contributed by atoms with Crippen LogP contribution in [0.25, 0.3) is 0 Å². The van der Waals surface area contributed by atoms with E-state index in [4.69, 9.17) is 0 Å². The van der Waals surface area contributed by atoms with Crippen molar-refractivity contribution in [1.29, 1.82) is 0 Å². The molecule has 0 aromatic heterocycles. The average molecular weight is 1970 g/mol. The molecular weight excluding hydrogens is 1800 g/mol. The summed E-state index contributed by atoms with van der Waals surface area (Å²) in [6, 6.07) is 0. The first-order valence-electron chi connectivity index (χ1n) is 47.5. The molecule has 1 spiro atoms. The van der Waals surface area contributed by atoms with Crippen molar-refractivity contribution in [1.82, 2.24) is 0 Å². The minimum Gasteiger partial charge on any atom is -0.171 e. The maximum absolute atomic E-state index is 13.0. The Kier molecular flexibility index (Phi) is 45.8. The number of rotatable bonds is 3. The van der Waals surface area contributed by atoms with Gasteiger partial charge in [0.1, 0.15) is 0 Å². The van der Waals surface area contributed by atoms with Crippen LogP contribution in [0, 0.1) is 148 Å². The summed E-state index contributed by atoms with van der Waals surface area (Å²) in [5, 5.41) is 0. The fourth-order valence-electron chi connectivity index (χ4n) is 19.8. The Morgan fingerprint density at radius 3 is 0.893 bits per heavy atom. The summed E-state index contributed by atoms with van der Waals surface area (Å²) in [6.45, 7) is 54.7. The normalized spacial score (nSPS) is 28.0. The molecule has 10 aliphatic carbocycles. The van der Waals surface area contributed by atoms with Crippen molar-refractivity contribution in [3.8, 4) is 0 Å². The second kappa shape index (κ2) is 46.6. The molecule has 10 saturated carbocycles. The third kappa shape index (κ3) is 34.8. The average Bonchev–Trinajstić information content (AvgIpc) is 0.740. The lowest BCUT2D eigenvalue weighted by Crippen LogP contribution is -2.55. The number of halogens is 33. The Hall–Kier alpha value is -2.31. The molecule has 788 valence electrons. The van der Waals surface area contributed by atoms with Gasteiger partial charge in [-0.25, -0.2) is 0 Å². The summed E-state index contributed by atoms with van der Waals surface area (Å²) < 4.78 is 415. The van der Waals surface area contributed by atoms with Crippen LogP contribution in [0.4, 0.5) is 145 Å². The Balaban J connectivity index is 0.00000144. The van der Waals surface area contributed by atoms with Crippen LogP contribution in [0.2, 0.25) is 0 Å². The lowest BCUT2D eigenvalue weighted by molar-refractivity contribution is -0.364. The van der Waals surface area contributed by atoms with Crippen molar-refractivity contribution in [2.24, 2.45) is 148 Å². The van der Waals surface area contributed by atoms with Gasteiger partial charge in [-0.15, -0.1) is 0 Å². The van der Waals surface area contributed by atoms with Crippen LogP contribution in [0.1, 0.15) is 406 Å². The van der Waals surface area contributed by atoms with Crippen LogP contribution < -0.4 is 0 Å². The van der Waals surface area contributed by atoms with Gasteiger partial charge in [-0.1, -0.05) is 265 Å². The van der Waals surface area contributed by atoms with Gasteiger partial charge >= 0.3 is 67.9 Å². The van der Waals surface area contributed by atoms with Gasteiger partial charge in [-0.05, 0) is 244 Å². The molecule has 10 aliphatic rings. The molecule has 131 heavy (non-hydrogen) atoms. The zero-order valence-electron chi connectivity index (χ0n) is 83.7. The highest BCUT2D eigenvalue weighted by atomic mass is 19.5. The molecule has 33 heteroatoms. The summed E-state index contributed by atoms with van der Waals surface area (Å²) in [7, 11) is 0. The lowest BCUT2D eigenvalue weighted by Gasteiger charge is -2.51. The highest BCUT2D eigenvalue weighted by Crippen LogP contribution is 2.66. The SMILES string of the molecule is CC(C)(C)C(C)(C)C(C)(C)C(F)(F)F.CC(C)C(C)(C)C(C)(C)C.CC1CCC(C(F)(F)F)(C(F)(F)F)CC1.CC1CCC(C(F)(F)F)CC1.CC1CCC2(CC1)CCC(C(F)(F)F)(C(F)(F)F)CC2.CC1CCCC(C(F)(F)F)[C@@H]1C.C[C@@H]1CCCC(C(F)(F)F)C1.C[C@@H]1CCCCC1(C(F)(F)F)C(F)(F)F.C[C@H](C(C)(C)C)C(C)(C)C(F)(F)F.C[C@H]1CC2CCC1(C)CC2. The third-order valence-electron chi connectivity index (χ3n) is 34.9. The molecule has 3 unspecified atom stereocenters. The van der Waals surface area contributed by atoms with Crippen molar-refractivity contribution in [2.75, 3.05) is 0 Å². The quantitative estimate of drug-likeness (QED) is 0.247. The van der Waals surface area contributed by atoms with Gasteiger partial charge in [0.2, 0.25) is 0 Å². The molecule has 0 aliphatic heterocycles. The van der Waals surface area contributed by atoms with Gasteiger partial charge in [-0.3, -0.25) is 0 Å². The summed E-state index contributed by atoms with van der Waals surface area (Å²) >= 11 is 0. The van der Waals surface area contributed by atoms with E-state index in [-0.39, 0.29) is 78.4 Å². The topological polar surface area (TPSA) is 0 Å². The zero-order chi connectivity index (χ0) is 104. The summed E-state index contributed by atoms with van der Waals surface area (Å²) in [5.74, 6) is -0.727. The molecule has 2 bridgehead atoms. The van der Waals surface area contributed by atoms with E-state index in [2.05, 4.69) is 69.2 Å². The first kappa shape index (κ1) is 129. The first-order valence-corrected chi connectivity index (χ1v) is 47.5. The van der Waals surface area contributed by atoms with Crippen LogP contribution in [-0.4, -0.2) is 67.9 Å². The molecule has 0 N–H and O–H groups in total. The maximum Gasteiger partial charge on any atom is 0.403 e. The number of fused-ring (bicyclic) bond motifs is 3. The standard InChI is InChI=1S/C14H20F6.C11H21F3.C10H19F3.C10H18.C10H22.2C9H12F6.C9H15F3.2C8H13F3/c1-10-2-4-11(5-3-10)6-8-12(9-7-11,13(15,16)17)14(18,19)20;1-8(2,3)9(4,5)10(6,7)11(12,13)14;1-7(8(2,3)4)9(5,6)10(11,12)13;1-8-7-9-3-5-10(8,2)6-4-9;1-8(2)10(6,7)9(3,4)5;1-6-2-4-7(5-3-6,8(10,11)12)9(13,14)15;1-6-4-2-3-5-7(6,8(10,11)12)9(13,14)15;1-6-4-3-5-8(7(6)2)9(10,11)12;1-6-2-4-7(5-3-6)8(9,10)11;1-6-3-2-4-7(5-6)8(9,10)11/h10H,2-9H2,1H3;1-7H3;7H,1-6H3;8-9H,3-7H2,1-2H3;8H,1-7H3;2*6H,2-5H2,1H3;6-8H,3-5H2,1-2H3;2*6-7H,2-5H2,1H3/t;;7-;8-,9?,10?;;;6-;6?,7-,8?;;6-,7?/m..10..11.1/s1. The number of hydrogen-bond donors (Lipinski definition) is 0. The van der Waals surface area contributed by atoms with E-state index < -0.39 is 162 Å². The molecule has 0 nitrogen and oxygen atoms in total. The van der Waals surface area contributed by atoms with Crippen molar-refractivity contribution in [3.63, 3.8) is 0 Å².